The van der Waals surface area contributed by atoms with Crippen molar-refractivity contribution in [1.29, 1.82) is 0 Å². The molecule has 0 aliphatic carbocycles. The summed E-state index contributed by atoms with van der Waals surface area (Å²) in [5, 5.41) is 3.63. The van der Waals surface area contributed by atoms with Crippen molar-refractivity contribution in [3.05, 3.63) is 47.4 Å². The number of nitrogens with one attached hydrogen (secondary N) is 1. The first-order chi connectivity index (χ1) is 9.69. The minimum atomic E-state index is 0.401. The van der Waals surface area contributed by atoms with Gasteiger partial charge in [-0.2, -0.15) is 0 Å². The molecule has 0 aliphatic heterocycles. The van der Waals surface area contributed by atoms with Gasteiger partial charge in [-0.25, -0.2) is 4.98 Å². The van der Waals surface area contributed by atoms with E-state index in [2.05, 4.69) is 34.3 Å². The van der Waals surface area contributed by atoms with Crippen molar-refractivity contribution in [3.8, 4) is 5.75 Å². The Morgan fingerprint density at radius 2 is 2.00 bits per heavy atom. The fourth-order valence-electron chi connectivity index (χ4n) is 1.94. The molecule has 5 heteroatoms. The number of anilines is 1. The number of rotatable bonds is 6. The lowest BCUT2D eigenvalue weighted by Gasteiger charge is -2.13. The molecular formula is C15H18ClN3O. The molecule has 0 amide bonds. The number of methoxy groups -OCH3 is 1. The van der Waals surface area contributed by atoms with Crippen molar-refractivity contribution >= 4 is 17.4 Å². The Kier molecular flexibility index (Phi) is 5.18. The lowest BCUT2D eigenvalue weighted by molar-refractivity contribution is 0.414. The van der Waals surface area contributed by atoms with Gasteiger partial charge in [0.2, 0.25) is 0 Å². The Balaban J connectivity index is 1.83. The molecule has 1 aromatic carbocycles. The summed E-state index contributed by atoms with van der Waals surface area (Å²) in [6.07, 6.45) is 4.19. The van der Waals surface area contributed by atoms with Crippen LogP contribution in [0.15, 0.2) is 36.7 Å². The van der Waals surface area contributed by atoms with Gasteiger partial charge >= 0.3 is 0 Å². The molecule has 106 valence electrons. The maximum absolute atomic E-state index is 5.79. The molecule has 2 rings (SSSR count). The molecule has 0 saturated carbocycles. The van der Waals surface area contributed by atoms with Gasteiger partial charge in [-0.05, 0) is 30.0 Å². The van der Waals surface area contributed by atoms with Crippen molar-refractivity contribution in [3.63, 3.8) is 0 Å². The zero-order valence-electron chi connectivity index (χ0n) is 11.6. The molecule has 0 bridgehead atoms. The van der Waals surface area contributed by atoms with Crippen LogP contribution in [0.2, 0.25) is 5.15 Å². The minimum absolute atomic E-state index is 0.401. The minimum Gasteiger partial charge on any atom is -0.497 e. The van der Waals surface area contributed by atoms with Crippen LogP contribution < -0.4 is 10.1 Å². The van der Waals surface area contributed by atoms with E-state index in [-0.39, 0.29) is 0 Å². The molecule has 1 heterocycles. The third-order valence-corrected chi connectivity index (χ3v) is 3.36. The maximum atomic E-state index is 5.79. The van der Waals surface area contributed by atoms with E-state index < -0.39 is 0 Å². The molecule has 0 spiro atoms. The molecule has 0 fully saturated rings. The average Bonchev–Trinajstić information content (AvgIpc) is 2.47. The summed E-state index contributed by atoms with van der Waals surface area (Å²) in [7, 11) is 1.67. The van der Waals surface area contributed by atoms with Crippen molar-refractivity contribution in [2.75, 3.05) is 19.0 Å². The number of halogens is 1. The van der Waals surface area contributed by atoms with Crippen LogP contribution in [0.3, 0.4) is 0 Å². The Hall–Kier alpha value is -1.81. The quantitative estimate of drug-likeness (QED) is 0.880. The van der Waals surface area contributed by atoms with Crippen LogP contribution in [0, 0.1) is 0 Å². The van der Waals surface area contributed by atoms with Gasteiger partial charge in [-0.1, -0.05) is 30.7 Å². The lowest BCUT2D eigenvalue weighted by atomic mass is 9.98. The smallest absolute Gasteiger partial charge is 0.149 e. The molecular weight excluding hydrogens is 274 g/mol. The average molecular weight is 292 g/mol. The largest absolute Gasteiger partial charge is 0.497 e. The number of hydrogen-bond acceptors (Lipinski definition) is 4. The first kappa shape index (κ1) is 14.6. The monoisotopic (exact) mass is 291 g/mol. The van der Waals surface area contributed by atoms with Gasteiger partial charge in [0, 0.05) is 6.54 Å². The van der Waals surface area contributed by atoms with Gasteiger partial charge in [-0.15, -0.1) is 0 Å². The van der Waals surface area contributed by atoms with Gasteiger partial charge in [0.05, 0.1) is 19.5 Å². The van der Waals surface area contributed by atoms with Crippen LogP contribution in [0.25, 0.3) is 0 Å². The van der Waals surface area contributed by atoms with Gasteiger partial charge in [0.15, 0.2) is 0 Å². The zero-order chi connectivity index (χ0) is 14.4. The van der Waals surface area contributed by atoms with Crippen LogP contribution in [0.1, 0.15) is 24.8 Å². The first-order valence-electron chi connectivity index (χ1n) is 6.54. The van der Waals surface area contributed by atoms with Crippen LogP contribution in [-0.2, 0) is 0 Å². The van der Waals surface area contributed by atoms with E-state index in [1.54, 1.807) is 13.3 Å². The molecule has 0 aliphatic rings. The maximum Gasteiger partial charge on any atom is 0.149 e. The summed E-state index contributed by atoms with van der Waals surface area (Å²) in [6, 6.07) is 8.18. The Labute approximate surface area is 124 Å². The van der Waals surface area contributed by atoms with Gasteiger partial charge in [-0.3, -0.25) is 4.98 Å². The molecule has 2 aromatic rings. The summed E-state index contributed by atoms with van der Waals surface area (Å²) in [4.78, 5) is 8.13. The van der Waals surface area contributed by atoms with E-state index >= 15 is 0 Å². The molecule has 20 heavy (non-hydrogen) atoms. The van der Waals surface area contributed by atoms with Crippen molar-refractivity contribution in [2.24, 2.45) is 0 Å². The highest BCUT2D eigenvalue weighted by atomic mass is 35.5. The second-order valence-corrected chi connectivity index (χ2v) is 5.00. The third-order valence-electron chi connectivity index (χ3n) is 3.17. The predicted molar refractivity (Wildman–Crippen MR) is 81.6 cm³/mol. The molecule has 0 radical (unpaired) electrons. The lowest BCUT2D eigenvalue weighted by Crippen LogP contribution is -2.07. The third kappa shape index (κ3) is 4.10. The highest BCUT2D eigenvalue weighted by molar-refractivity contribution is 6.29. The first-order valence-corrected chi connectivity index (χ1v) is 6.92. The van der Waals surface area contributed by atoms with Crippen LogP contribution in [-0.4, -0.2) is 23.6 Å². The van der Waals surface area contributed by atoms with E-state index in [4.69, 9.17) is 16.3 Å². The fourth-order valence-corrected chi connectivity index (χ4v) is 2.09. The number of benzene rings is 1. The zero-order valence-corrected chi connectivity index (χ0v) is 12.4. The molecule has 0 saturated heterocycles. The summed E-state index contributed by atoms with van der Waals surface area (Å²) in [5.74, 6) is 2.05. The molecule has 4 nitrogen and oxygen atoms in total. The Morgan fingerprint density at radius 3 is 2.65 bits per heavy atom. The predicted octanol–water partition coefficient (Wildman–Crippen LogP) is 3.74. The summed E-state index contributed by atoms with van der Waals surface area (Å²) < 4.78 is 5.16. The van der Waals surface area contributed by atoms with Crippen molar-refractivity contribution in [1.82, 2.24) is 9.97 Å². The fraction of sp³-hybridized carbons (Fsp3) is 0.333. The second kappa shape index (κ2) is 7.10. The number of aromatic nitrogens is 2. The molecule has 1 N–H and O–H groups in total. The van der Waals surface area contributed by atoms with Gasteiger partial charge in [0.1, 0.15) is 16.7 Å². The summed E-state index contributed by atoms with van der Waals surface area (Å²) >= 11 is 5.79. The molecule has 1 atom stereocenters. The molecule has 1 aromatic heterocycles. The van der Waals surface area contributed by atoms with Gasteiger partial charge < -0.3 is 10.1 Å². The van der Waals surface area contributed by atoms with E-state index in [9.17, 15) is 0 Å². The van der Waals surface area contributed by atoms with Crippen LogP contribution in [0.5, 0.6) is 5.75 Å². The topological polar surface area (TPSA) is 47.0 Å². The summed E-state index contributed by atoms with van der Waals surface area (Å²) in [6.45, 7) is 3.02. The highest BCUT2D eigenvalue weighted by Gasteiger charge is 2.06. The highest BCUT2D eigenvalue weighted by Crippen LogP contribution is 2.21. The number of nitrogens with zero attached hydrogens (tertiary/aromatic N) is 2. The molecule has 1 unspecified atom stereocenters. The van der Waals surface area contributed by atoms with Crippen molar-refractivity contribution in [2.45, 2.75) is 19.3 Å². The number of ether oxygens (including phenoxy) is 1. The van der Waals surface area contributed by atoms with Crippen LogP contribution in [0.4, 0.5) is 5.82 Å². The summed E-state index contributed by atoms with van der Waals surface area (Å²) in [5.41, 5.74) is 1.30. The second-order valence-electron chi connectivity index (χ2n) is 4.62. The van der Waals surface area contributed by atoms with Crippen LogP contribution >= 0.6 is 11.6 Å². The van der Waals surface area contributed by atoms with Gasteiger partial charge in [0.25, 0.3) is 0 Å². The Bertz CT molecular complexity index is 545. The van der Waals surface area contributed by atoms with E-state index in [0.717, 1.165) is 18.7 Å². The van der Waals surface area contributed by atoms with E-state index in [1.807, 2.05) is 12.1 Å². The standard InChI is InChI=1S/C15H18ClN3O/c1-11(12-3-5-13(20-2)6-4-12)7-8-18-15-10-17-9-14(16)19-15/h3-6,9-11H,7-8H2,1-2H3,(H,18,19). The SMILES string of the molecule is COc1ccc(C(C)CCNc2cncc(Cl)n2)cc1. The number of hydrogen-bond donors (Lipinski definition) is 1. The normalized spacial score (nSPS) is 11.9. The van der Waals surface area contributed by atoms with Crippen molar-refractivity contribution < 1.29 is 4.74 Å². The van der Waals surface area contributed by atoms with E-state index in [1.165, 1.54) is 11.8 Å². The Morgan fingerprint density at radius 1 is 1.25 bits per heavy atom. The van der Waals surface area contributed by atoms with E-state index in [0.29, 0.717) is 16.9 Å².